The van der Waals surface area contributed by atoms with Crippen LogP contribution in [0.25, 0.3) is 0 Å². The smallest absolute Gasteiger partial charge is 0.303 e. The van der Waals surface area contributed by atoms with Gasteiger partial charge in [-0.15, -0.1) is 0 Å². The Hall–Kier alpha value is -1.49. The number of benzene rings is 1. The summed E-state index contributed by atoms with van der Waals surface area (Å²) in [6.07, 6.45) is -0.306. The molecule has 1 rings (SSSR count). The summed E-state index contributed by atoms with van der Waals surface area (Å²) in [4.78, 5) is 10.4. The monoisotopic (exact) mass is 230 g/mol. The second-order valence-electron chi connectivity index (χ2n) is 3.80. The first kappa shape index (κ1) is 12.6. The number of rotatable bonds is 4. The second-order valence-corrected chi connectivity index (χ2v) is 3.80. The van der Waals surface area contributed by atoms with Gasteiger partial charge in [-0.3, -0.25) is 4.79 Å². The fraction of sp³-hybridized carbons (Fsp3) is 0.364. The van der Waals surface area contributed by atoms with Crippen LogP contribution in [-0.4, -0.2) is 16.2 Å². The molecule has 0 bridgehead atoms. The van der Waals surface area contributed by atoms with E-state index < -0.39 is 23.2 Å². The summed E-state index contributed by atoms with van der Waals surface area (Å²) in [6, 6.07) is 3.01. The Kier molecular flexibility index (Phi) is 3.59. The third-order valence-corrected chi connectivity index (χ3v) is 2.37. The van der Waals surface area contributed by atoms with Crippen molar-refractivity contribution in [1.82, 2.24) is 0 Å². The van der Waals surface area contributed by atoms with E-state index in [2.05, 4.69) is 0 Å². The van der Waals surface area contributed by atoms with Crippen molar-refractivity contribution in [3.63, 3.8) is 0 Å². The summed E-state index contributed by atoms with van der Waals surface area (Å²) in [7, 11) is 0. The minimum Gasteiger partial charge on any atom is -0.481 e. The van der Waals surface area contributed by atoms with Gasteiger partial charge in [0.2, 0.25) is 0 Å². The molecule has 5 heteroatoms. The van der Waals surface area contributed by atoms with Crippen molar-refractivity contribution in [3.05, 3.63) is 35.4 Å². The van der Waals surface area contributed by atoms with Gasteiger partial charge in [0.1, 0.15) is 0 Å². The molecule has 0 heterocycles. The lowest BCUT2D eigenvalue weighted by Crippen LogP contribution is -2.22. The van der Waals surface area contributed by atoms with E-state index in [0.717, 1.165) is 12.1 Å². The zero-order chi connectivity index (χ0) is 12.3. The molecule has 1 aromatic rings. The van der Waals surface area contributed by atoms with E-state index in [9.17, 15) is 18.7 Å². The summed E-state index contributed by atoms with van der Waals surface area (Å²) in [5.41, 5.74) is -1.32. The van der Waals surface area contributed by atoms with Gasteiger partial charge in [-0.1, -0.05) is 6.07 Å². The van der Waals surface area contributed by atoms with Crippen LogP contribution in [0.15, 0.2) is 18.2 Å². The van der Waals surface area contributed by atoms with E-state index >= 15 is 0 Å². The summed E-state index contributed by atoms with van der Waals surface area (Å²) >= 11 is 0. The Bertz CT molecular complexity index is 402. The first-order chi connectivity index (χ1) is 7.33. The lowest BCUT2D eigenvalue weighted by Gasteiger charge is -2.23. The minimum absolute atomic E-state index is 0.0621. The Morgan fingerprint density at radius 1 is 1.38 bits per heavy atom. The largest absolute Gasteiger partial charge is 0.481 e. The summed E-state index contributed by atoms with van der Waals surface area (Å²) in [6.45, 7) is 1.36. The average molecular weight is 230 g/mol. The molecule has 0 aliphatic heterocycles. The van der Waals surface area contributed by atoms with Gasteiger partial charge in [0.05, 0.1) is 5.60 Å². The zero-order valence-electron chi connectivity index (χ0n) is 8.70. The quantitative estimate of drug-likeness (QED) is 0.832. The van der Waals surface area contributed by atoms with Crippen molar-refractivity contribution >= 4 is 5.97 Å². The summed E-state index contributed by atoms with van der Waals surface area (Å²) in [5, 5.41) is 18.4. The molecule has 1 atom stereocenters. The molecule has 16 heavy (non-hydrogen) atoms. The van der Waals surface area contributed by atoms with Gasteiger partial charge in [0.25, 0.3) is 0 Å². The van der Waals surface area contributed by atoms with Crippen molar-refractivity contribution in [2.24, 2.45) is 0 Å². The van der Waals surface area contributed by atoms with E-state index in [1.165, 1.54) is 13.0 Å². The molecule has 1 unspecified atom stereocenters. The molecule has 0 amide bonds. The molecule has 88 valence electrons. The molecular formula is C11H12F2O3. The molecule has 1 aromatic carbocycles. The molecule has 0 fully saturated rings. The number of halogens is 2. The Balaban J connectivity index is 2.88. The number of aliphatic hydroxyl groups is 1. The molecule has 0 spiro atoms. The van der Waals surface area contributed by atoms with Crippen molar-refractivity contribution in [3.8, 4) is 0 Å². The van der Waals surface area contributed by atoms with Crippen LogP contribution >= 0.6 is 0 Å². The third kappa shape index (κ3) is 3.00. The number of carboxylic acids is 1. The van der Waals surface area contributed by atoms with E-state index in [4.69, 9.17) is 5.11 Å². The molecule has 0 aromatic heterocycles. The highest BCUT2D eigenvalue weighted by atomic mass is 19.2. The highest BCUT2D eigenvalue weighted by Gasteiger charge is 2.25. The van der Waals surface area contributed by atoms with E-state index in [1.807, 2.05) is 0 Å². The molecule has 2 N–H and O–H groups in total. The first-order valence-electron chi connectivity index (χ1n) is 4.72. The van der Waals surface area contributed by atoms with Gasteiger partial charge in [-0.05, 0) is 31.0 Å². The van der Waals surface area contributed by atoms with Crippen LogP contribution in [0, 0.1) is 11.6 Å². The fourth-order valence-electron chi connectivity index (χ4n) is 1.33. The van der Waals surface area contributed by atoms with E-state index in [-0.39, 0.29) is 18.4 Å². The predicted molar refractivity (Wildman–Crippen MR) is 52.8 cm³/mol. The third-order valence-electron chi connectivity index (χ3n) is 2.37. The zero-order valence-corrected chi connectivity index (χ0v) is 8.70. The lowest BCUT2D eigenvalue weighted by molar-refractivity contribution is -0.138. The maximum Gasteiger partial charge on any atom is 0.303 e. The van der Waals surface area contributed by atoms with Crippen LogP contribution in [0.5, 0.6) is 0 Å². The Labute approximate surface area is 91.3 Å². The SMILES string of the molecule is CC(O)(CCC(=O)O)c1ccc(F)c(F)c1. The van der Waals surface area contributed by atoms with Crippen LogP contribution in [0.1, 0.15) is 25.3 Å². The number of hydrogen-bond donors (Lipinski definition) is 2. The maximum atomic E-state index is 12.9. The average Bonchev–Trinajstić information content (AvgIpc) is 2.19. The van der Waals surface area contributed by atoms with Crippen LogP contribution in [-0.2, 0) is 10.4 Å². The van der Waals surface area contributed by atoms with Crippen LogP contribution in [0.3, 0.4) is 0 Å². The molecule has 0 aliphatic carbocycles. The van der Waals surface area contributed by atoms with E-state index in [1.54, 1.807) is 0 Å². The molecule has 0 saturated heterocycles. The summed E-state index contributed by atoms with van der Waals surface area (Å²) in [5.74, 6) is -3.12. The van der Waals surface area contributed by atoms with Gasteiger partial charge in [-0.25, -0.2) is 8.78 Å². The van der Waals surface area contributed by atoms with Crippen LogP contribution in [0.4, 0.5) is 8.78 Å². The van der Waals surface area contributed by atoms with Crippen molar-refractivity contribution < 1.29 is 23.8 Å². The fourth-order valence-corrected chi connectivity index (χ4v) is 1.33. The standard InChI is InChI=1S/C11H12F2O3/c1-11(16,5-4-10(14)15)7-2-3-8(12)9(13)6-7/h2-3,6,16H,4-5H2,1H3,(H,14,15). The van der Waals surface area contributed by atoms with Gasteiger partial charge >= 0.3 is 5.97 Å². The van der Waals surface area contributed by atoms with Gasteiger partial charge < -0.3 is 10.2 Å². The molecule has 0 saturated carbocycles. The van der Waals surface area contributed by atoms with Gasteiger partial charge in [0, 0.05) is 6.42 Å². The van der Waals surface area contributed by atoms with E-state index in [0.29, 0.717) is 0 Å². The minimum atomic E-state index is -1.48. The van der Waals surface area contributed by atoms with Crippen molar-refractivity contribution in [1.29, 1.82) is 0 Å². The summed E-state index contributed by atoms with van der Waals surface area (Å²) < 4.78 is 25.6. The second kappa shape index (κ2) is 4.57. The number of carbonyl (C=O) groups is 1. The normalized spacial score (nSPS) is 14.5. The topological polar surface area (TPSA) is 57.5 Å². The van der Waals surface area contributed by atoms with Gasteiger partial charge in [-0.2, -0.15) is 0 Å². The molecule has 0 aliphatic rings. The Morgan fingerprint density at radius 3 is 2.50 bits per heavy atom. The highest BCUT2D eigenvalue weighted by Crippen LogP contribution is 2.26. The van der Waals surface area contributed by atoms with Crippen LogP contribution < -0.4 is 0 Å². The molecule has 0 radical (unpaired) electrons. The van der Waals surface area contributed by atoms with Crippen molar-refractivity contribution in [2.75, 3.05) is 0 Å². The first-order valence-corrected chi connectivity index (χ1v) is 4.72. The predicted octanol–water partition coefficient (Wildman–Crippen LogP) is 2.04. The molecule has 3 nitrogen and oxygen atoms in total. The lowest BCUT2D eigenvalue weighted by atomic mass is 9.91. The van der Waals surface area contributed by atoms with Gasteiger partial charge in [0.15, 0.2) is 11.6 Å². The number of aliphatic carboxylic acids is 1. The highest BCUT2D eigenvalue weighted by molar-refractivity contribution is 5.66. The van der Waals surface area contributed by atoms with Crippen LogP contribution in [0.2, 0.25) is 0 Å². The molecular weight excluding hydrogens is 218 g/mol. The van der Waals surface area contributed by atoms with Crippen molar-refractivity contribution in [2.45, 2.75) is 25.4 Å². The Morgan fingerprint density at radius 2 is 2.00 bits per heavy atom. The number of hydrogen-bond acceptors (Lipinski definition) is 2. The number of carboxylic acid groups (broad SMARTS) is 1. The maximum absolute atomic E-state index is 12.9.